The van der Waals surface area contributed by atoms with Gasteiger partial charge >= 0.3 is 0 Å². The van der Waals surface area contributed by atoms with Gasteiger partial charge in [-0.05, 0) is 24.3 Å². The quantitative estimate of drug-likeness (QED) is 0.866. The van der Waals surface area contributed by atoms with Gasteiger partial charge in [-0.25, -0.2) is 8.42 Å². The van der Waals surface area contributed by atoms with Crippen LogP contribution >= 0.6 is 11.3 Å². The van der Waals surface area contributed by atoms with Crippen molar-refractivity contribution in [3.05, 3.63) is 22.4 Å². The van der Waals surface area contributed by atoms with Crippen molar-refractivity contribution >= 4 is 33.0 Å². The molecule has 0 unspecified atom stereocenters. The first-order valence-electron chi connectivity index (χ1n) is 7.27. The van der Waals surface area contributed by atoms with Gasteiger partial charge in [0.15, 0.2) is 9.84 Å². The summed E-state index contributed by atoms with van der Waals surface area (Å²) in [6.45, 7) is 0.442. The summed E-state index contributed by atoms with van der Waals surface area (Å²) in [5.41, 5.74) is 0. The standard InChI is InChI=1S/C14H18N2O4S2/c17-13-4-3-12(16(13)8-11-2-1-6-21-11)14(18)15-10-5-7-22(19,20)9-10/h1-2,6,10,12H,3-5,7-9H2,(H,15,18)/t10-,12+/m1/s1. The molecule has 0 saturated carbocycles. The van der Waals surface area contributed by atoms with Crippen molar-refractivity contribution in [2.24, 2.45) is 0 Å². The molecule has 1 N–H and O–H groups in total. The largest absolute Gasteiger partial charge is 0.351 e. The van der Waals surface area contributed by atoms with Crippen LogP contribution in [0.15, 0.2) is 17.5 Å². The van der Waals surface area contributed by atoms with Gasteiger partial charge in [-0.3, -0.25) is 9.59 Å². The smallest absolute Gasteiger partial charge is 0.243 e. The molecule has 2 aliphatic heterocycles. The van der Waals surface area contributed by atoms with Gasteiger partial charge in [-0.15, -0.1) is 11.3 Å². The second-order valence-electron chi connectivity index (χ2n) is 5.76. The Kier molecular flexibility index (Phi) is 4.22. The van der Waals surface area contributed by atoms with Crippen LogP contribution in [0, 0.1) is 0 Å². The Morgan fingerprint density at radius 3 is 2.86 bits per heavy atom. The van der Waals surface area contributed by atoms with Gasteiger partial charge in [0.05, 0.1) is 18.1 Å². The van der Waals surface area contributed by atoms with E-state index in [-0.39, 0.29) is 29.4 Å². The van der Waals surface area contributed by atoms with E-state index in [1.54, 1.807) is 16.2 Å². The van der Waals surface area contributed by atoms with E-state index in [1.165, 1.54) is 0 Å². The number of amides is 2. The molecular weight excluding hydrogens is 324 g/mol. The van der Waals surface area contributed by atoms with E-state index in [2.05, 4.69) is 5.32 Å². The molecule has 2 fully saturated rings. The van der Waals surface area contributed by atoms with Crippen molar-refractivity contribution in [1.82, 2.24) is 10.2 Å². The monoisotopic (exact) mass is 342 g/mol. The number of likely N-dealkylation sites (tertiary alicyclic amines) is 1. The van der Waals surface area contributed by atoms with Crippen LogP contribution in [0.5, 0.6) is 0 Å². The average molecular weight is 342 g/mol. The summed E-state index contributed by atoms with van der Waals surface area (Å²) >= 11 is 1.55. The Balaban J connectivity index is 1.64. The zero-order valence-electron chi connectivity index (χ0n) is 12.0. The van der Waals surface area contributed by atoms with Gasteiger partial charge in [0.25, 0.3) is 0 Å². The van der Waals surface area contributed by atoms with Crippen LogP contribution in [0.2, 0.25) is 0 Å². The number of carbonyl (C=O) groups excluding carboxylic acids is 2. The van der Waals surface area contributed by atoms with Crippen molar-refractivity contribution in [1.29, 1.82) is 0 Å². The summed E-state index contributed by atoms with van der Waals surface area (Å²) in [6, 6.07) is 3.04. The molecule has 3 rings (SSSR count). The third kappa shape index (κ3) is 3.33. The Labute approximate surface area is 133 Å². The van der Waals surface area contributed by atoms with E-state index in [1.807, 2.05) is 17.5 Å². The SMILES string of the molecule is O=C(N[C@@H]1CCS(=O)(=O)C1)[C@@H]1CCC(=O)N1Cc1cccs1. The van der Waals surface area contributed by atoms with E-state index in [4.69, 9.17) is 0 Å². The molecule has 1 aromatic heterocycles. The number of rotatable bonds is 4. The summed E-state index contributed by atoms with van der Waals surface area (Å²) < 4.78 is 22.9. The second kappa shape index (κ2) is 6.00. The molecule has 1 aromatic rings. The van der Waals surface area contributed by atoms with Gasteiger partial charge in [0, 0.05) is 17.3 Å². The summed E-state index contributed by atoms with van der Waals surface area (Å²) in [5.74, 6) is -0.123. The van der Waals surface area contributed by atoms with E-state index >= 15 is 0 Å². The number of nitrogens with zero attached hydrogens (tertiary/aromatic N) is 1. The van der Waals surface area contributed by atoms with Crippen LogP contribution in [0.4, 0.5) is 0 Å². The molecule has 2 atom stereocenters. The number of sulfone groups is 1. The van der Waals surface area contributed by atoms with E-state index in [0.29, 0.717) is 25.8 Å². The average Bonchev–Trinajstić information content (AvgIpc) is 3.14. The maximum absolute atomic E-state index is 12.4. The molecule has 8 heteroatoms. The Morgan fingerprint density at radius 2 is 2.23 bits per heavy atom. The minimum atomic E-state index is -3.02. The summed E-state index contributed by atoms with van der Waals surface area (Å²) in [4.78, 5) is 27.1. The number of thiophene rings is 1. The molecule has 0 spiro atoms. The fraction of sp³-hybridized carbons (Fsp3) is 0.571. The van der Waals surface area contributed by atoms with Crippen LogP contribution < -0.4 is 5.32 Å². The molecule has 2 aliphatic rings. The molecular formula is C14H18N2O4S2. The van der Waals surface area contributed by atoms with Gasteiger partial charge in [0.1, 0.15) is 6.04 Å². The molecule has 6 nitrogen and oxygen atoms in total. The highest BCUT2D eigenvalue weighted by Crippen LogP contribution is 2.24. The molecule has 0 aliphatic carbocycles. The topological polar surface area (TPSA) is 83.5 Å². The lowest BCUT2D eigenvalue weighted by Crippen LogP contribution is -2.47. The Hall–Kier alpha value is -1.41. The van der Waals surface area contributed by atoms with Crippen molar-refractivity contribution in [2.45, 2.75) is 37.9 Å². The molecule has 0 bridgehead atoms. The third-order valence-corrected chi connectivity index (χ3v) is 6.75. The molecule has 22 heavy (non-hydrogen) atoms. The summed E-state index contributed by atoms with van der Waals surface area (Å²) in [6.07, 6.45) is 1.32. The predicted octanol–water partition coefficient (Wildman–Crippen LogP) is 0.542. The first-order valence-corrected chi connectivity index (χ1v) is 9.97. The molecule has 3 heterocycles. The van der Waals surface area contributed by atoms with Crippen molar-refractivity contribution in [3.8, 4) is 0 Å². The fourth-order valence-corrected chi connectivity index (χ4v) is 5.36. The van der Waals surface area contributed by atoms with Gasteiger partial charge < -0.3 is 10.2 Å². The van der Waals surface area contributed by atoms with E-state index < -0.39 is 15.9 Å². The zero-order valence-corrected chi connectivity index (χ0v) is 13.7. The Bertz CT molecular complexity index is 669. The normalized spacial score (nSPS) is 27.3. The first kappa shape index (κ1) is 15.5. The highest BCUT2D eigenvalue weighted by molar-refractivity contribution is 7.91. The van der Waals surface area contributed by atoms with E-state index in [9.17, 15) is 18.0 Å². The number of nitrogens with one attached hydrogen (secondary N) is 1. The maximum Gasteiger partial charge on any atom is 0.243 e. The molecule has 2 amide bonds. The first-order chi connectivity index (χ1) is 10.4. The fourth-order valence-electron chi connectivity index (χ4n) is 2.98. The number of hydrogen-bond acceptors (Lipinski definition) is 5. The number of carbonyl (C=O) groups is 2. The second-order valence-corrected chi connectivity index (χ2v) is 9.02. The third-order valence-electron chi connectivity index (χ3n) is 4.12. The summed E-state index contributed by atoms with van der Waals surface area (Å²) in [7, 11) is -3.02. The number of hydrogen-bond donors (Lipinski definition) is 1. The van der Waals surface area contributed by atoms with E-state index in [0.717, 1.165) is 4.88 Å². The minimum Gasteiger partial charge on any atom is -0.351 e. The summed E-state index contributed by atoms with van der Waals surface area (Å²) in [5, 5.41) is 4.74. The predicted molar refractivity (Wildman–Crippen MR) is 83.1 cm³/mol. The maximum atomic E-state index is 12.4. The molecule has 120 valence electrons. The van der Waals surface area contributed by atoms with Gasteiger partial charge in [0.2, 0.25) is 11.8 Å². The van der Waals surface area contributed by atoms with Gasteiger partial charge in [-0.1, -0.05) is 6.07 Å². The lowest BCUT2D eigenvalue weighted by molar-refractivity contribution is -0.136. The van der Waals surface area contributed by atoms with Crippen LogP contribution in [-0.4, -0.2) is 48.7 Å². The molecule has 2 saturated heterocycles. The highest BCUT2D eigenvalue weighted by Gasteiger charge is 2.38. The van der Waals surface area contributed by atoms with Gasteiger partial charge in [-0.2, -0.15) is 0 Å². The van der Waals surface area contributed by atoms with Crippen LogP contribution in [-0.2, 0) is 26.0 Å². The van der Waals surface area contributed by atoms with Crippen molar-refractivity contribution < 1.29 is 18.0 Å². The lowest BCUT2D eigenvalue weighted by atomic mass is 10.1. The van der Waals surface area contributed by atoms with Crippen LogP contribution in [0.3, 0.4) is 0 Å². The molecule has 0 aromatic carbocycles. The van der Waals surface area contributed by atoms with Crippen LogP contribution in [0.1, 0.15) is 24.1 Å². The lowest BCUT2D eigenvalue weighted by Gasteiger charge is -2.24. The van der Waals surface area contributed by atoms with Crippen molar-refractivity contribution in [2.75, 3.05) is 11.5 Å². The minimum absolute atomic E-state index is 0.00430. The molecule has 0 radical (unpaired) electrons. The Morgan fingerprint density at radius 1 is 1.41 bits per heavy atom. The zero-order chi connectivity index (χ0) is 15.7. The highest BCUT2D eigenvalue weighted by atomic mass is 32.2. The van der Waals surface area contributed by atoms with Crippen molar-refractivity contribution in [3.63, 3.8) is 0 Å². The van der Waals surface area contributed by atoms with Crippen LogP contribution in [0.25, 0.3) is 0 Å².